The number of hydrogen-bond donors (Lipinski definition) is 1. The van der Waals surface area contributed by atoms with E-state index in [1.54, 1.807) is 20.8 Å². The Morgan fingerprint density at radius 2 is 2.00 bits per heavy atom. The van der Waals surface area contributed by atoms with Gasteiger partial charge in [-0.15, -0.1) is 22.7 Å². The van der Waals surface area contributed by atoms with E-state index in [9.17, 15) is 9.59 Å². The molecule has 0 spiro atoms. The predicted octanol–water partition coefficient (Wildman–Crippen LogP) is 3.65. The Hall–Kier alpha value is -2.70. The van der Waals surface area contributed by atoms with Crippen LogP contribution in [-0.4, -0.2) is 39.8 Å². The zero-order chi connectivity index (χ0) is 21.7. The smallest absolute Gasteiger partial charge is 0.375 e. The summed E-state index contributed by atoms with van der Waals surface area (Å²) in [6.07, 6.45) is 0. The van der Waals surface area contributed by atoms with Crippen molar-refractivity contribution in [1.82, 2.24) is 9.97 Å². The van der Waals surface area contributed by atoms with Crippen LogP contribution in [0.1, 0.15) is 26.5 Å². The van der Waals surface area contributed by atoms with E-state index in [0.717, 1.165) is 33.6 Å². The zero-order valence-corrected chi connectivity index (χ0v) is 18.7. The molecule has 1 aromatic carbocycles. The third-order valence-electron chi connectivity index (χ3n) is 3.18. The van der Waals surface area contributed by atoms with E-state index in [4.69, 9.17) is 19.5 Å². The largest absolute Gasteiger partial charge is 0.457 e. The molecule has 9 nitrogen and oxygen atoms in total. The monoisotopic (exact) mass is 466 g/mol. The van der Waals surface area contributed by atoms with Crippen molar-refractivity contribution >= 4 is 67.7 Å². The van der Waals surface area contributed by atoms with Crippen molar-refractivity contribution in [3.63, 3.8) is 0 Å². The number of rotatable bonds is 7. The molecule has 30 heavy (non-hydrogen) atoms. The maximum atomic E-state index is 12.6. The van der Waals surface area contributed by atoms with Gasteiger partial charge in [-0.25, -0.2) is 19.6 Å². The molecule has 0 radical (unpaired) electrons. The van der Waals surface area contributed by atoms with E-state index < -0.39 is 24.1 Å². The molecule has 158 valence electrons. The number of para-hydroxylation sites is 1. The number of ether oxygens (including phenoxy) is 1. The number of aromatic nitrogens is 2. The van der Waals surface area contributed by atoms with E-state index in [-0.39, 0.29) is 16.5 Å². The van der Waals surface area contributed by atoms with Crippen molar-refractivity contribution in [2.24, 2.45) is 5.16 Å². The number of nitrogens with zero attached hydrogens (tertiary/aromatic N) is 3. The molecule has 2 N–H and O–H groups in total. The van der Waals surface area contributed by atoms with E-state index >= 15 is 0 Å². The average molecular weight is 467 g/mol. The Bertz CT molecular complexity index is 1050. The van der Waals surface area contributed by atoms with E-state index in [1.807, 2.05) is 24.3 Å². The molecule has 0 atom stereocenters. The van der Waals surface area contributed by atoms with Crippen molar-refractivity contribution in [2.45, 2.75) is 30.7 Å². The summed E-state index contributed by atoms with van der Waals surface area (Å²) in [5, 5.41) is 5.51. The normalized spacial score (nSPS) is 12.0. The van der Waals surface area contributed by atoms with E-state index in [0.29, 0.717) is 4.34 Å². The third kappa shape index (κ3) is 6.15. The van der Waals surface area contributed by atoms with Crippen LogP contribution < -0.4 is 5.73 Å². The highest BCUT2D eigenvalue weighted by molar-refractivity contribution is 7.97. The molecule has 2 aromatic heterocycles. The number of hydrogen-bond acceptors (Lipinski definition) is 12. The van der Waals surface area contributed by atoms with Crippen molar-refractivity contribution in [2.75, 3.05) is 12.3 Å². The van der Waals surface area contributed by atoms with Crippen LogP contribution in [0.25, 0.3) is 10.2 Å². The first-order valence-corrected chi connectivity index (χ1v) is 11.0. The van der Waals surface area contributed by atoms with E-state index in [2.05, 4.69) is 15.1 Å². The summed E-state index contributed by atoms with van der Waals surface area (Å²) >= 11 is 3.32. The van der Waals surface area contributed by atoms with Gasteiger partial charge in [-0.1, -0.05) is 17.3 Å². The maximum Gasteiger partial charge on any atom is 0.375 e. The first-order valence-electron chi connectivity index (χ1n) is 8.59. The second-order valence-electron chi connectivity index (χ2n) is 6.77. The molecule has 12 heteroatoms. The van der Waals surface area contributed by atoms with Crippen LogP contribution in [0.4, 0.5) is 5.13 Å². The fourth-order valence-corrected chi connectivity index (χ4v) is 4.22. The Kier molecular flexibility index (Phi) is 6.90. The van der Waals surface area contributed by atoms with Crippen LogP contribution in [0.15, 0.2) is 39.1 Å². The lowest BCUT2D eigenvalue weighted by Crippen LogP contribution is -2.26. The van der Waals surface area contributed by atoms with Gasteiger partial charge < -0.3 is 19.5 Å². The first-order chi connectivity index (χ1) is 14.2. The minimum atomic E-state index is -0.811. The number of carbonyl (C=O) groups excluding carboxylic acids is 2. The molecule has 2 heterocycles. The molecule has 0 fully saturated rings. The standard InChI is InChI=1S/C18H18N4O5S3/c1-18(2,3)26-13(23)8-25-22-14(11-9-28-16(19)20-11)15(24)27-30-17-21-10-6-4-5-7-12(10)29-17/h4-7,9H,8H2,1-3H3,(H2,19,20). The summed E-state index contributed by atoms with van der Waals surface area (Å²) in [6.45, 7) is 4.72. The van der Waals surface area contributed by atoms with Crippen LogP contribution in [0.5, 0.6) is 0 Å². The van der Waals surface area contributed by atoms with Crippen molar-refractivity contribution < 1.29 is 23.3 Å². The molecule has 0 unspecified atom stereocenters. The summed E-state index contributed by atoms with van der Waals surface area (Å²) in [5.74, 6) is -1.44. The van der Waals surface area contributed by atoms with Crippen LogP contribution in [0.2, 0.25) is 0 Å². The minimum absolute atomic E-state index is 0.177. The van der Waals surface area contributed by atoms with Gasteiger partial charge in [-0.2, -0.15) is 0 Å². The molecule has 0 aliphatic carbocycles. The predicted molar refractivity (Wildman–Crippen MR) is 116 cm³/mol. The highest BCUT2D eigenvalue weighted by Crippen LogP contribution is 2.30. The number of nitrogens with two attached hydrogens (primary N) is 1. The number of oxime groups is 1. The topological polar surface area (TPSA) is 126 Å². The van der Waals surface area contributed by atoms with Gasteiger partial charge >= 0.3 is 11.9 Å². The Balaban J connectivity index is 1.68. The number of anilines is 1. The Morgan fingerprint density at radius 1 is 1.23 bits per heavy atom. The van der Waals surface area contributed by atoms with Crippen LogP contribution in [-0.2, 0) is 23.3 Å². The number of carbonyl (C=O) groups is 2. The van der Waals surface area contributed by atoms with Crippen molar-refractivity contribution in [3.05, 3.63) is 35.3 Å². The summed E-state index contributed by atoms with van der Waals surface area (Å²) < 4.78 is 11.9. The molecule has 0 aliphatic rings. The summed E-state index contributed by atoms with van der Waals surface area (Å²) in [4.78, 5) is 37.8. The molecular weight excluding hydrogens is 448 g/mol. The Morgan fingerprint density at radius 3 is 2.67 bits per heavy atom. The van der Waals surface area contributed by atoms with Crippen LogP contribution >= 0.6 is 34.7 Å². The van der Waals surface area contributed by atoms with Crippen LogP contribution in [0.3, 0.4) is 0 Å². The molecule has 0 amide bonds. The van der Waals surface area contributed by atoms with Gasteiger partial charge in [-0.05, 0) is 32.9 Å². The van der Waals surface area contributed by atoms with Crippen molar-refractivity contribution in [3.8, 4) is 0 Å². The summed E-state index contributed by atoms with van der Waals surface area (Å²) in [6, 6.07) is 7.57. The number of thiazole rings is 2. The van der Waals surface area contributed by atoms with Gasteiger partial charge in [0.2, 0.25) is 12.3 Å². The summed E-state index contributed by atoms with van der Waals surface area (Å²) in [5.41, 5.74) is 5.74. The van der Waals surface area contributed by atoms with Gasteiger partial charge in [0.25, 0.3) is 0 Å². The molecule has 3 aromatic rings. The van der Waals surface area contributed by atoms with Gasteiger partial charge in [0.15, 0.2) is 9.47 Å². The number of benzene rings is 1. The van der Waals surface area contributed by atoms with E-state index in [1.165, 1.54) is 16.7 Å². The van der Waals surface area contributed by atoms with Crippen molar-refractivity contribution in [1.29, 1.82) is 0 Å². The lowest BCUT2D eigenvalue weighted by Gasteiger charge is -2.18. The van der Waals surface area contributed by atoms with Gasteiger partial charge in [0.1, 0.15) is 23.3 Å². The SMILES string of the molecule is CC(C)(C)OC(=O)CON=C(C(=O)OSc1nc2ccccc2s1)c1csc(N)n1. The molecule has 0 bridgehead atoms. The highest BCUT2D eigenvalue weighted by Gasteiger charge is 2.23. The fraction of sp³-hybridized carbons (Fsp3) is 0.278. The van der Waals surface area contributed by atoms with Gasteiger partial charge in [-0.3, -0.25) is 0 Å². The van der Waals surface area contributed by atoms with Gasteiger partial charge in [0.05, 0.1) is 10.2 Å². The quantitative estimate of drug-likeness (QED) is 0.240. The van der Waals surface area contributed by atoms with Gasteiger partial charge in [0, 0.05) is 5.38 Å². The lowest BCUT2D eigenvalue weighted by molar-refractivity contribution is -0.160. The first kappa shape index (κ1) is 22.0. The average Bonchev–Trinajstić information content (AvgIpc) is 3.27. The lowest BCUT2D eigenvalue weighted by atomic mass is 10.2. The fourth-order valence-electron chi connectivity index (χ4n) is 2.11. The minimum Gasteiger partial charge on any atom is -0.457 e. The summed E-state index contributed by atoms with van der Waals surface area (Å²) in [7, 11) is 0. The molecule has 3 rings (SSSR count). The maximum absolute atomic E-state index is 12.6. The number of fused-ring (bicyclic) bond motifs is 1. The Labute approximate surface area is 184 Å². The molecule has 0 saturated heterocycles. The third-order valence-corrected chi connectivity index (χ3v) is 5.61. The molecule has 0 aliphatic heterocycles. The zero-order valence-electron chi connectivity index (χ0n) is 16.3. The number of nitrogen functional groups attached to an aromatic ring is 1. The molecule has 0 saturated carbocycles. The molecular formula is C18H18N4O5S3. The van der Waals surface area contributed by atoms with Crippen LogP contribution in [0, 0.1) is 0 Å². The second-order valence-corrected chi connectivity index (χ2v) is 9.67. The second kappa shape index (κ2) is 9.41. The number of esters is 1. The highest BCUT2D eigenvalue weighted by atomic mass is 32.2.